The number of allylic oxidation sites excluding steroid dienone is 2. The maximum atomic E-state index is 12.6. The lowest BCUT2D eigenvalue weighted by Crippen LogP contribution is -2.66. The van der Waals surface area contributed by atoms with E-state index in [0.717, 1.165) is 31.3 Å². The highest BCUT2D eigenvalue weighted by Gasteiger charge is 2.68. The van der Waals surface area contributed by atoms with Gasteiger partial charge in [-0.2, -0.15) is 0 Å². The van der Waals surface area contributed by atoms with E-state index in [4.69, 9.17) is 38.3 Å². The summed E-state index contributed by atoms with van der Waals surface area (Å²) in [6.07, 6.45) is -18.0. The summed E-state index contributed by atoms with van der Waals surface area (Å²) in [6.45, 7) is 12.8. The molecule has 71 heavy (non-hydrogen) atoms. The van der Waals surface area contributed by atoms with E-state index in [9.17, 15) is 65.8 Å². The Morgan fingerprint density at radius 2 is 1.25 bits per heavy atom. The van der Waals surface area contributed by atoms with E-state index in [-0.39, 0.29) is 40.4 Å². The Labute approximate surface area is 415 Å². The summed E-state index contributed by atoms with van der Waals surface area (Å²) in [4.78, 5) is 22.9. The van der Waals surface area contributed by atoms with Crippen molar-refractivity contribution in [3.8, 4) is 0 Å². The summed E-state index contributed by atoms with van der Waals surface area (Å²) in [7, 11) is 0. The maximum absolute atomic E-state index is 12.6. The fourth-order valence-electron chi connectivity index (χ4n) is 14.7. The first-order chi connectivity index (χ1) is 33.2. The zero-order valence-corrected chi connectivity index (χ0v) is 42.0. The molecule has 0 aromatic carbocycles. The molecule has 0 bridgehead atoms. The van der Waals surface area contributed by atoms with Crippen molar-refractivity contribution in [1.29, 1.82) is 0 Å². The van der Waals surface area contributed by atoms with E-state index < -0.39 is 154 Å². The first-order valence-corrected chi connectivity index (χ1v) is 25.5. The standard InChI is InChI=1S/C50H82O21/c1-22(2)9-8-14-50(7,71-45-42(64)38(60)35(57)27(19-51)66-45)24-12-15-49(6)23-10-11-30-47(3,4)31(13-16-48(30,5)25(23)17-26(53)34(24)49)69-46-43(40(62)36(58)28(20-52)67-46)70-44-41(63)39(61)37(59)29(68-44)21-65-33(56)18-32(54)55/h9,23-31,34-46,51-53,57-64H,8,10-21H2,1-7H3,(H,54,55)/t23?,24?,25?,26?,27-,28-,29-,30?,31?,34?,35-,36-,37-,38+,39+,40+,41-,42-,43?,44+,45+,46+,48?,49+,50?/m1/s1. The van der Waals surface area contributed by atoms with Gasteiger partial charge >= 0.3 is 11.9 Å². The number of aliphatic hydroxyl groups excluding tert-OH is 11. The molecule has 3 saturated heterocycles. The third-order valence-electron chi connectivity index (χ3n) is 18.5. The Bertz CT molecular complexity index is 1860. The van der Waals surface area contributed by atoms with E-state index in [2.05, 4.69) is 33.8 Å². The number of aliphatic hydroxyl groups is 11. The SMILES string of the molecule is CC(C)=CCCC(C)(O[C@@H]1O[C@H](CO)[C@@H](O)[C@H](O)[C@H]1O)C1CC[C@@]2(C)C3CCC4C(C)(C)C(O[C@@H]5O[C@H](CO)[C@@H](O)[C@H](O)C5O[C@@H]5O[C@H](COC(=O)CC(=O)O)[C@@H](O)[C@H](O)[C@H]5O)CCC4(C)C3CC(O)C12. The second kappa shape index (κ2) is 21.9. The van der Waals surface area contributed by atoms with Crippen LogP contribution < -0.4 is 0 Å². The number of hydrogen-bond donors (Lipinski definition) is 12. The second-order valence-electron chi connectivity index (χ2n) is 23.3. The van der Waals surface area contributed by atoms with Gasteiger partial charge < -0.3 is 94.4 Å². The summed E-state index contributed by atoms with van der Waals surface area (Å²) < 4.78 is 42.2. The summed E-state index contributed by atoms with van der Waals surface area (Å²) in [5.74, 6) is -2.56. The number of esters is 1. The quantitative estimate of drug-likeness (QED) is 0.0405. The predicted molar refractivity (Wildman–Crippen MR) is 245 cm³/mol. The van der Waals surface area contributed by atoms with Gasteiger partial charge in [0.15, 0.2) is 18.9 Å². The van der Waals surface area contributed by atoms with E-state index in [1.54, 1.807) is 0 Å². The van der Waals surface area contributed by atoms with Gasteiger partial charge in [-0.05, 0) is 124 Å². The summed E-state index contributed by atoms with van der Waals surface area (Å²) in [5, 5.41) is 129. The van der Waals surface area contributed by atoms with Gasteiger partial charge in [0.05, 0.1) is 31.0 Å². The van der Waals surface area contributed by atoms with Crippen molar-refractivity contribution in [2.45, 2.75) is 223 Å². The van der Waals surface area contributed by atoms with Gasteiger partial charge in [-0.3, -0.25) is 9.59 Å². The molecule has 0 aromatic rings. The number of aliphatic carboxylic acids is 1. The number of rotatable bonds is 16. The number of hydrogen-bond acceptors (Lipinski definition) is 20. The molecule has 21 nitrogen and oxygen atoms in total. The Morgan fingerprint density at radius 1 is 0.676 bits per heavy atom. The third-order valence-corrected chi connectivity index (χ3v) is 18.5. The molecule has 0 spiro atoms. The second-order valence-corrected chi connectivity index (χ2v) is 23.3. The number of carboxylic acids is 1. The normalized spacial score (nSPS) is 48.3. The highest BCUT2D eigenvalue weighted by molar-refractivity contribution is 5.90. The Kier molecular flexibility index (Phi) is 17.5. The maximum Gasteiger partial charge on any atom is 0.317 e. The molecule has 0 radical (unpaired) electrons. The van der Waals surface area contributed by atoms with Gasteiger partial charge in [-0.15, -0.1) is 0 Å². The minimum atomic E-state index is -1.92. The van der Waals surface area contributed by atoms with Crippen molar-refractivity contribution >= 4 is 11.9 Å². The Morgan fingerprint density at radius 3 is 1.87 bits per heavy atom. The van der Waals surface area contributed by atoms with Gasteiger partial charge in [0.1, 0.15) is 86.3 Å². The minimum absolute atomic E-state index is 0.0558. The number of ether oxygens (including phenoxy) is 7. The smallest absolute Gasteiger partial charge is 0.317 e. The number of carboxylic acid groups (broad SMARTS) is 1. The topological polar surface area (TPSA) is 342 Å². The average Bonchev–Trinajstić information content (AvgIpc) is 3.69. The van der Waals surface area contributed by atoms with Gasteiger partial charge in [0.25, 0.3) is 0 Å². The molecule has 12 N–H and O–H groups in total. The third kappa shape index (κ3) is 10.7. The minimum Gasteiger partial charge on any atom is -0.481 e. The fourth-order valence-corrected chi connectivity index (χ4v) is 14.7. The van der Waals surface area contributed by atoms with Crippen LogP contribution in [0.1, 0.15) is 113 Å². The molecule has 0 aromatic heterocycles. The van der Waals surface area contributed by atoms with E-state index in [1.165, 1.54) is 0 Å². The van der Waals surface area contributed by atoms with Crippen LogP contribution in [0.5, 0.6) is 0 Å². The molecule has 25 atom stereocenters. The lowest BCUT2D eigenvalue weighted by Gasteiger charge is -2.66. The van der Waals surface area contributed by atoms with E-state index in [0.29, 0.717) is 32.1 Å². The first kappa shape index (κ1) is 56.7. The molecule has 3 aliphatic heterocycles. The number of carbonyl (C=O) groups excluding carboxylic acids is 1. The molecular weight excluding hydrogens is 937 g/mol. The van der Waals surface area contributed by atoms with Crippen molar-refractivity contribution in [2.24, 2.45) is 45.8 Å². The van der Waals surface area contributed by atoms with Gasteiger partial charge in [0.2, 0.25) is 0 Å². The van der Waals surface area contributed by atoms with Crippen LogP contribution in [0.2, 0.25) is 0 Å². The first-order valence-electron chi connectivity index (χ1n) is 25.5. The summed E-state index contributed by atoms with van der Waals surface area (Å²) in [6, 6.07) is 0. The zero-order chi connectivity index (χ0) is 52.3. The van der Waals surface area contributed by atoms with Gasteiger partial charge in [0, 0.05) is 0 Å². The van der Waals surface area contributed by atoms with Crippen molar-refractivity contribution in [3.05, 3.63) is 11.6 Å². The van der Waals surface area contributed by atoms with Crippen LogP contribution in [0, 0.1) is 45.8 Å². The Hall–Kier alpha value is -2.00. The van der Waals surface area contributed by atoms with Crippen LogP contribution in [-0.4, -0.2) is 203 Å². The average molecular weight is 1020 g/mol. The zero-order valence-electron chi connectivity index (χ0n) is 42.0. The molecule has 408 valence electrons. The van der Waals surface area contributed by atoms with Gasteiger partial charge in [-0.1, -0.05) is 39.3 Å². The van der Waals surface area contributed by atoms with Crippen molar-refractivity contribution < 1.29 is 104 Å². The lowest BCUT2D eigenvalue weighted by atomic mass is 9.39. The molecular formula is C50H82O21. The lowest BCUT2D eigenvalue weighted by molar-refractivity contribution is -0.378. The summed E-state index contributed by atoms with van der Waals surface area (Å²) in [5.41, 5.74) is -0.971. The summed E-state index contributed by atoms with van der Waals surface area (Å²) >= 11 is 0. The van der Waals surface area contributed by atoms with Crippen molar-refractivity contribution in [2.75, 3.05) is 19.8 Å². The van der Waals surface area contributed by atoms with Crippen LogP contribution in [0.4, 0.5) is 0 Å². The van der Waals surface area contributed by atoms with E-state index in [1.807, 2.05) is 20.8 Å². The molecule has 7 aliphatic rings. The molecule has 4 saturated carbocycles. The highest BCUT2D eigenvalue weighted by Crippen LogP contribution is 2.71. The van der Waals surface area contributed by atoms with E-state index >= 15 is 0 Å². The van der Waals surface area contributed by atoms with Crippen LogP contribution >= 0.6 is 0 Å². The number of fused-ring (bicyclic) bond motifs is 5. The fraction of sp³-hybridized carbons (Fsp3) is 0.920. The Balaban J connectivity index is 1.09. The van der Waals surface area contributed by atoms with Crippen LogP contribution in [0.15, 0.2) is 11.6 Å². The van der Waals surface area contributed by atoms with Crippen LogP contribution in [0.25, 0.3) is 0 Å². The predicted octanol–water partition coefficient (Wildman–Crippen LogP) is -0.391. The molecule has 7 fully saturated rings. The molecule has 7 rings (SSSR count). The van der Waals surface area contributed by atoms with Crippen LogP contribution in [-0.2, 0) is 42.7 Å². The van der Waals surface area contributed by atoms with Gasteiger partial charge in [-0.25, -0.2) is 0 Å². The molecule has 4 aliphatic carbocycles. The molecule has 3 heterocycles. The highest BCUT2D eigenvalue weighted by atomic mass is 16.8. The molecule has 0 amide bonds. The number of carbonyl (C=O) groups is 2. The molecule has 10 unspecified atom stereocenters. The molecule has 21 heteroatoms. The largest absolute Gasteiger partial charge is 0.481 e. The van der Waals surface area contributed by atoms with Crippen LogP contribution in [0.3, 0.4) is 0 Å². The van der Waals surface area contributed by atoms with Crippen molar-refractivity contribution in [1.82, 2.24) is 0 Å². The monoisotopic (exact) mass is 1020 g/mol. The van der Waals surface area contributed by atoms with Crippen molar-refractivity contribution in [3.63, 3.8) is 0 Å².